The summed E-state index contributed by atoms with van der Waals surface area (Å²) in [5.41, 5.74) is 4.43. The summed E-state index contributed by atoms with van der Waals surface area (Å²) in [6, 6.07) is 18.5. The number of para-hydroxylation sites is 2. The van der Waals surface area contributed by atoms with Crippen LogP contribution in [0.3, 0.4) is 0 Å². The Morgan fingerprint density at radius 1 is 0.960 bits per heavy atom. The van der Waals surface area contributed by atoms with E-state index in [4.69, 9.17) is 0 Å². The van der Waals surface area contributed by atoms with Gasteiger partial charge in [-0.2, -0.15) is 4.98 Å². The number of fused-ring (bicyclic) bond motifs is 1. The number of nitrogens with zero attached hydrogens (tertiary/aromatic N) is 4. The molecule has 25 heavy (non-hydrogen) atoms. The molecule has 0 spiro atoms. The first kappa shape index (κ1) is 15.3. The van der Waals surface area contributed by atoms with Gasteiger partial charge in [-0.05, 0) is 37.6 Å². The highest BCUT2D eigenvalue weighted by Crippen LogP contribution is 2.20. The number of nitrogens with one attached hydrogen (secondary N) is 1. The molecular formula is C20H19N5. The molecular weight excluding hydrogens is 310 g/mol. The highest BCUT2D eigenvalue weighted by molar-refractivity contribution is 5.76. The zero-order chi connectivity index (χ0) is 17.2. The smallest absolute Gasteiger partial charge is 0.225 e. The number of imidazole rings is 1. The van der Waals surface area contributed by atoms with E-state index in [-0.39, 0.29) is 6.04 Å². The number of aryl methyl sites for hydroxylation is 1. The predicted molar refractivity (Wildman–Crippen MR) is 99.9 cm³/mol. The first-order chi connectivity index (χ1) is 12.2. The summed E-state index contributed by atoms with van der Waals surface area (Å²) in [6.45, 7) is 4.19. The fraction of sp³-hybridized carbons (Fsp3) is 0.150. The lowest BCUT2D eigenvalue weighted by molar-refractivity contribution is 0.853. The van der Waals surface area contributed by atoms with E-state index in [1.807, 2.05) is 34.9 Å². The molecule has 124 valence electrons. The van der Waals surface area contributed by atoms with Crippen LogP contribution in [0, 0.1) is 6.92 Å². The van der Waals surface area contributed by atoms with Crippen LogP contribution in [-0.4, -0.2) is 19.5 Å². The largest absolute Gasteiger partial charge is 0.348 e. The molecule has 2 heterocycles. The zero-order valence-electron chi connectivity index (χ0n) is 14.2. The van der Waals surface area contributed by atoms with Crippen molar-refractivity contribution in [1.82, 2.24) is 19.5 Å². The molecule has 0 aliphatic heterocycles. The molecule has 0 aliphatic rings. The van der Waals surface area contributed by atoms with Crippen LogP contribution in [0.5, 0.6) is 0 Å². The summed E-state index contributed by atoms with van der Waals surface area (Å²) in [4.78, 5) is 13.4. The number of anilines is 1. The Bertz CT molecular complexity index is 1000. The minimum absolute atomic E-state index is 0.121. The molecule has 4 aromatic rings. The molecule has 1 atom stereocenters. The van der Waals surface area contributed by atoms with Crippen molar-refractivity contribution in [2.45, 2.75) is 19.9 Å². The van der Waals surface area contributed by atoms with Crippen LogP contribution in [0.1, 0.15) is 24.1 Å². The normalized spacial score (nSPS) is 12.2. The molecule has 2 aromatic heterocycles. The maximum Gasteiger partial charge on any atom is 0.225 e. The van der Waals surface area contributed by atoms with Gasteiger partial charge in [0.2, 0.25) is 5.95 Å². The minimum Gasteiger partial charge on any atom is -0.348 e. The first-order valence-electron chi connectivity index (χ1n) is 8.29. The van der Waals surface area contributed by atoms with Crippen LogP contribution < -0.4 is 5.32 Å². The van der Waals surface area contributed by atoms with E-state index >= 15 is 0 Å². The molecule has 0 fully saturated rings. The Labute approximate surface area is 146 Å². The SMILES string of the molecule is Cc1ccc(C(C)Nc2nccc(-n3cnc4ccccc43)n2)cc1. The van der Waals surface area contributed by atoms with Gasteiger partial charge in [0.15, 0.2) is 0 Å². The van der Waals surface area contributed by atoms with Crippen molar-refractivity contribution in [3.05, 3.63) is 78.2 Å². The summed E-state index contributed by atoms with van der Waals surface area (Å²) in [6.07, 6.45) is 3.56. The molecule has 0 aliphatic carbocycles. The summed E-state index contributed by atoms with van der Waals surface area (Å²) in [5, 5.41) is 3.37. The monoisotopic (exact) mass is 329 g/mol. The summed E-state index contributed by atoms with van der Waals surface area (Å²) in [7, 11) is 0. The molecule has 5 heteroatoms. The molecule has 0 bridgehead atoms. The van der Waals surface area contributed by atoms with Gasteiger partial charge >= 0.3 is 0 Å². The van der Waals surface area contributed by atoms with Crippen molar-refractivity contribution in [1.29, 1.82) is 0 Å². The van der Waals surface area contributed by atoms with Gasteiger partial charge in [-0.15, -0.1) is 0 Å². The Morgan fingerprint density at radius 2 is 1.76 bits per heavy atom. The molecule has 1 unspecified atom stereocenters. The van der Waals surface area contributed by atoms with Gasteiger partial charge in [-0.25, -0.2) is 9.97 Å². The Hall–Kier alpha value is -3.21. The molecule has 0 amide bonds. The van der Waals surface area contributed by atoms with Gasteiger partial charge in [0.05, 0.1) is 17.1 Å². The lowest BCUT2D eigenvalue weighted by Crippen LogP contribution is -2.10. The van der Waals surface area contributed by atoms with E-state index < -0.39 is 0 Å². The number of benzene rings is 2. The fourth-order valence-corrected chi connectivity index (χ4v) is 2.83. The van der Waals surface area contributed by atoms with Crippen LogP contribution in [0.15, 0.2) is 67.1 Å². The lowest BCUT2D eigenvalue weighted by Gasteiger charge is -2.15. The van der Waals surface area contributed by atoms with Gasteiger partial charge in [0, 0.05) is 6.20 Å². The predicted octanol–water partition coefficient (Wildman–Crippen LogP) is 4.30. The molecule has 5 nitrogen and oxygen atoms in total. The standard InChI is InChI=1S/C20H19N5/c1-14-7-9-16(10-8-14)15(2)23-20-21-12-11-19(24-20)25-13-22-17-5-3-4-6-18(17)25/h3-13,15H,1-2H3,(H,21,23,24). The maximum absolute atomic E-state index is 4.65. The van der Waals surface area contributed by atoms with Gasteiger partial charge < -0.3 is 5.32 Å². The highest BCUT2D eigenvalue weighted by atomic mass is 15.2. The van der Waals surface area contributed by atoms with Crippen LogP contribution >= 0.6 is 0 Å². The molecule has 2 aromatic carbocycles. The molecule has 1 N–H and O–H groups in total. The zero-order valence-corrected chi connectivity index (χ0v) is 14.2. The molecule has 0 saturated heterocycles. The molecule has 4 rings (SSSR count). The third kappa shape index (κ3) is 3.08. The second kappa shape index (κ2) is 6.36. The lowest BCUT2D eigenvalue weighted by atomic mass is 10.1. The number of aromatic nitrogens is 4. The third-order valence-electron chi connectivity index (χ3n) is 4.26. The van der Waals surface area contributed by atoms with Crippen molar-refractivity contribution in [2.24, 2.45) is 0 Å². The quantitative estimate of drug-likeness (QED) is 0.606. The molecule has 0 radical (unpaired) electrons. The van der Waals surface area contributed by atoms with Crippen molar-refractivity contribution < 1.29 is 0 Å². The number of hydrogen-bond donors (Lipinski definition) is 1. The van der Waals surface area contributed by atoms with Gasteiger partial charge in [0.25, 0.3) is 0 Å². The van der Waals surface area contributed by atoms with E-state index in [0.29, 0.717) is 5.95 Å². The second-order valence-corrected chi connectivity index (χ2v) is 6.12. The van der Waals surface area contributed by atoms with E-state index in [0.717, 1.165) is 16.9 Å². The summed E-state index contributed by atoms with van der Waals surface area (Å²) < 4.78 is 1.97. The van der Waals surface area contributed by atoms with Gasteiger partial charge in [-0.1, -0.05) is 42.0 Å². The summed E-state index contributed by atoms with van der Waals surface area (Å²) >= 11 is 0. The number of hydrogen-bond acceptors (Lipinski definition) is 4. The Kier molecular flexibility index (Phi) is 3.90. The second-order valence-electron chi connectivity index (χ2n) is 6.12. The third-order valence-corrected chi connectivity index (χ3v) is 4.26. The van der Waals surface area contributed by atoms with Gasteiger partial charge in [0.1, 0.15) is 12.1 Å². The van der Waals surface area contributed by atoms with E-state index in [9.17, 15) is 0 Å². The van der Waals surface area contributed by atoms with Crippen molar-refractivity contribution in [2.75, 3.05) is 5.32 Å². The van der Waals surface area contributed by atoms with E-state index in [1.54, 1.807) is 12.5 Å². The van der Waals surface area contributed by atoms with Crippen molar-refractivity contribution in [3.63, 3.8) is 0 Å². The van der Waals surface area contributed by atoms with Crippen LogP contribution in [0.2, 0.25) is 0 Å². The van der Waals surface area contributed by atoms with Crippen molar-refractivity contribution >= 4 is 17.0 Å². The maximum atomic E-state index is 4.65. The summed E-state index contributed by atoms with van der Waals surface area (Å²) in [5.74, 6) is 1.39. The Morgan fingerprint density at radius 3 is 2.60 bits per heavy atom. The van der Waals surface area contributed by atoms with E-state index in [2.05, 4.69) is 58.4 Å². The average molecular weight is 329 g/mol. The van der Waals surface area contributed by atoms with Crippen LogP contribution in [0.4, 0.5) is 5.95 Å². The average Bonchev–Trinajstić information content (AvgIpc) is 3.06. The fourth-order valence-electron chi connectivity index (χ4n) is 2.83. The highest BCUT2D eigenvalue weighted by Gasteiger charge is 2.09. The Balaban J connectivity index is 1.62. The van der Waals surface area contributed by atoms with Crippen LogP contribution in [-0.2, 0) is 0 Å². The number of rotatable bonds is 4. The topological polar surface area (TPSA) is 55.6 Å². The van der Waals surface area contributed by atoms with Crippen molar-refractivity contribution in [3.8, 4) is 5.82 Å². The van der Waals surface area contributed by atoms with Gasteiger partial charge in [-0.3, -0.25) is 4.57 Å². The molecule has 0 saturated carbocycles. The van der Waals surface area contributed by atoms with E-state index in [1.165, 1.54) is 11.1 Å². The van der Waals surface area contributed by atoms with Crippen LogP contribution in [0.25, 0.3) is 16.9 Å². The first-order valence-corrected chi connectivity index (χ1v) is 8.29. The minimum atomic E-state index is 0.121.